The number of hydrogen-bond donors (Lipinski definition) is 2. The second-order valence-electron chi connectivity index (χ2n) is 7.00. The molecule has 162 valence electrons. The highest BCUT2D eigenvalue weighted by Gasteiger charge is 2.30. The average molecular weight is 423 g/mol. The highest BCUT2D eigenvalue weighted by molar-refractivity contribution is 5.76. The maximum atomic E-state index is 12.6. The zero-order valence-electron chi connectivity index (χ0n) is 16.6. The Morgan fingerprint density at radius 1 is 1.17 bits per heavy atom. The van der Waals surface area contributed by atoms with Crippen LogP contribution in [0.2, 0.25) is 0 Å². The molecule has 1 aromatic carbocycles. The molecule has 2 heterocycles. The van der Waals surface area contributed by atoms with Crippen molar-refractivity contribution in [2.75, 3.05) is 42.9 Å². The number of piperazine rings is 1. The van der Waals surface area contributed by atoms with Gasteiger partial charge >= 0.3 is 6.18 Å². The second-order valence-corrected chi connectivity index (χ2v) is 7.00. The predicted molar refractivity (Wildman–Crippen MR) is 106 cm³/mol. The molecular weight excluding hydrogens is 399 g/mol. The fraction of sp³-hybridized carbons (Fsp3) is 0.450. The third-order valence-corrected chi connectivity index (χ3v) is 5.01. The number of aliphatic hydroxyl groups excluding tert-OH is 1. The van der Waals surface area contributed by atoms with Gasteiger partial charge in [-0.25, -0.2) is 9.97 Å². The minimum Gasteiger partial charge on any atom is -0.387 e. The summed E-state index contributed by atoms with van der Waals surface area (Å²) in [5.41, 5.74) is -0.380. The lowest BCUT2D eigenvalue weighted by Crippen LogP contribution is -2.48. The number of carbonyl (C=O) groups excluding carboxylic acids is 1. The third-order valence-electron chi connectivity index (χ3n) is 5.01. The summed E-state index contributed by atoms with van der Waals surface area (Å²) in [6, 6.07) is 6.17. The molecule has 10 heteroatoms. The molecule has 1 saturated heterocycles. The van der Waals surface area contributed by atoms with Gasteiger partial charge in [0.25, 0.3) is 0 Å². The molecule has 1 amide bonds. The third kappa shape index (κ3) is 5.38. The quantitative estimate of drug-likeness (QED) is 0.744. The summed E-state index contributed by atoms with van der Waals surface area (Å²) in [5, 5.41) is 13.3. The predicted octanol–water partition coefficient (Wildman–Crippen LogP) is 2.70. The maximum absolute atomic E-state index is 12.6. The summed E-state index contributed by atoms with van der Waals surface area (Å²) in [6.45, 7) is 4.52. The monoisotopic (exact) mass is 423 g/mol. The molecule has 0 spiro atoms. The Bertz CT molecular complexity index is 852. The van der Waals surface area contributed by atoms with Crippen molar-refractivity contribution in [3.63, 3.8) is 0 Å². The molecule has 1 unspecified atom stereocenters. The number of aliphatic hydroxyl groups is 1. The number of nitrogens with zero attached hydrogens (tertiary/aromatic N) is 4. The van der Waals surface area contributed by atoms with Gasteiger partial charge in [0.15, 0.2) is 0 Å². The Balaban J connectivity index is 1.56. The van der Waals surface area contributed by atoms with Gasteiger partial charge < -0.3 is 20.2 Å². The number of anilines is 2. The van der Waals surface area contributed by atoms with Crippen LogP contribution in [0.4, 0.5) is 24.8 Å². The van der Waals surface area contributed by atoms with E-state index in [-0.39, 0.29) is 12.5 Å². The van der Waals surface area contributed by atoms with Crippen molar-refractivity contribution in [2.45, 2.75) is 25.6 Å². The largest absolute Gasteiger partial charge is 0.416 e. The van der Waals surface area contributed by atoms with E-state index >= 15 is 0 Å². The van der Waals surface area contributed by atoms with E-state index in [1.807, 2.05) is 11.8 Å². The van der Waals surface area contributed by atoms with Crippen LogP contribution in [0.3, 0.4) is 0 Å². The average Bonchev–Trinajstić information content (AvgIpc) is 2.76. The molecule has 3 rings (SSSR count). The first-order chi connectivity index (χ1) is 14.3. The highest BCUT2D eigenvalue weighted by Crippen LogP contribution is 2.30. The Morgan fingerprint density at radius 2 is 1.83 bits per heavy atom. The molecule has 0 saturated carbocycles. The molecule has 1 atom stereocenters. The minimum atomic E-state index is -4.41. The lowest BCUT2D eigenvalue weighted by molar-refractivity contribution is -0.137. The summed E-state index contributed by atoms with van der Waals surface area (Å²) >= 11 is 0. The minimum absolute atomic E-state index is 0.0839. The molecular formula is C20H24F3N5O2. The number of benzene rings is 1. The summed E-state index contributed by atoms with van der Waals surface area (Å²) in [5.74, 6) is 1.34. The Morgan fingerprint density at radius 3 is 2.43 bits per heavy atom. The maximum Gasteiger partial charge on any atom is 0.416 e. The number of aromatic nitrogens is 2. The summed E-state index contributed by atoms with van der Waals surface area (Å²) in [4.78, 5) is 24.1. The first kappa shape index (κ1) is 21.8. The van der Waals surface area contributed by atoms with Crippen LogP contribution >= 0.6 is 0 Å². The molecule has 7 nitrogen and oxygen atoms in total. The van der Waals surface area contributed by atoms with E-state index in [2.05, 4.69) is 20.2 Å². The molecule has 0 bridgehead atoms. The molecule has 0 radical (unpaired) electrons. The van der Waals surface area contributed by atoms with Crippen molar-refractivity contribution in [1.82, 2.24) is 14.9 Å². The van der Waals surface area contributed by atoms with Gasteiger partial charge in [0.2, 0.25) is 5.91 Å². The Labute approximate surface area is 172 Å². The molecule has 1 aliphatic rings. The normalized spacial score (nSPS) is 15.8. The van der Waals surface area contributed by atoms with Crippen LogP contribution in [0, 0.1) is 0 Å². The van der Waals surface area contributed by atoms with E-state index in [0.29, 0.717) is 49.8 Å². The number of carbonyl (C=O) groups is 1. The lowest BCUT2D eigenvalue weighted by Gasteiger charge is -2.35. The highest BCUT2D eigenvalue weighted by atomic mass is 19.4. The van der Waals surface area contributed by atoms with Crippen LogP contribution in [0.25, 0.3) is 0 Å². The SMILES string of the molecule is CCC(=O)N1CCN(c2cc(NCC(O)c3ccc(C(F)(F)F)cc3)ncn2)CC1. The van der Waals surface area contributed by atoms with Gasteiger partial charge in [-0.2, -0.15) is 13.2 Å². The number of alkyl halides is 3. The Kier molecular flexibility index (Phi) is 6.76. The number of amides is 1. The number of rotatable bonds is 6. The first-order valence-electron chi connectivity index (χ1n) is 9.71. The molecule has 1 fully saturated rings. The van der Waals surface area contributed by atoms with Crippen molar-refractivity contribution >= 4 is 17.5 Å². The topological polar surface area (TPSA) is 81.6 Å². The zero-order chi connectivity index (χ0) is 21.7. The van der Waals surface area contributed by atoms with E-state index in [0.717, 1.165) is 12.1 Å². The van der Waals surface area contributed by atoms with Gasteiger partial charge in [0.05, 0.1) is 11.7 Å². The molecule has 2 aromatic rings. The van der Waals surface area contributed by atoms with Crippen molar-refractivity contribution in [3.8, 4) is 0 Å². The molecule has 0 aliphatic carbocycles. The fourth-order valence-electron chi connectivity index (χ4n) is 3.24. The fourth-order valence-corrected chi connectivity index (χ4v) is 3.24. The van der Waals surface area contributed by atoms with Crippen molar-refractivity contribution in [2.24, 2.45) is 0 Å². The van der Waals surface area contributed by atoms with Gasteiger partial charge in [-0.1, -0.05) is 19.1 Å². The van der Waals surface area contributed by atoms with E-state index in [1.165, 1.54) is 18.5 Å². The van der Waals surface area contributed by atoms with Gasteiger partial charge in [-0.3, -0.25) is 4.79 Å². The number of halogens is 3. The molecule has 1 aromatic heterocycles. The van der Waals surface area contributed by atoms with Gasteiger partial charge in [0, 0.05) is 45.2 Å². The smallest absolute Gasteiger partial charge is 0.387 e. The van der Waals surface area contributed by atoms with Crippen molar-refractivity contribution < 1.29 is 23.1 Å². The number of nitrogens with one attached hydrogen (secondary N) is 1. The first-order valence-corrected chi connectivity index (χ1v) is 9.71. The summed E-state index contributed by atoms with van der Waals surface area (Å²) in [6.07, 6.45) is -3.50. The van der Waals surface area contributed by atoms with E-state index in [4.69, 9.17) is 0 Å². The van der Waals surface area contributed by atoms with Crippen LogP contribution < -0.4 is 10.2 Å². The summed E-state index contributed by atoms with van der Waals surface area (Å²) in [7, 11) is 0. The van der Waals surface area contributed by atoms with Crippen molar-refractivity contribution in [3.05, 3.63) is 47.8 Å². The second kappa shape index (κ2) is 9.29. The zero-order valence-corrected chi connectivity index (χ0v) is 16.6. The van der Waals surface area contributed by atoms with E-state index in [1.54, 1.807) is 6.07 Å². The standard InChI is InChI=1S/C20H24F3N5O2/c1-2-19(30)28-9-7-27(8-10-28)18-11-17(25-13-26-18)24-12-16(29)14-3-5-15(6-4-14)20(21,22)23/h3-6,11,13,16,29H,2,7-10,12H2,1H3,(H,24,25,26). The van der Waals surface area contributed by atoms with Gasteiger partial charge in [-0.15, -0.1) is 0 Å². The summed E-state index contributed by atoms with van der Waals surface area (Å²) < 4.78 is 37.9. The molecule has 2 N–H and O–H groups in total. The van der Waals surface area contributed by atoms with Crippen LogP contribution in [-0.4, -0.2) is 58.6 Å². The van der Waals surface area contributed by atoms with Gasteiger partial charge in [-0.05, 0) is 17.7 Å². The van der Waals surface area contributed by atoms with Gasteiger partial charge in [0.1, 0.15) is 18.0 Å². The van der Waals surface area contributed by atoms with Crippen LogP contribution in [0.1, 0.15) is 30.6 Å². The molecule has 30 heavy (non-hydrogen) atoms. The van der Waals surface area contributed by atoms with Crippen LogP contribution in [-0.2, 0) is 11.0 Å². The number of hydrogen-bond acceptors (Lipinski definition) is 6. The lowest BCUT2D eigenvalue weighted by atomic mass is 10.1. The van der Waals surface area contributed by atoms with Crippen LogP contribution in [0.15, 0.2) is 36.7 Å². The van der Waals surface area contributed by atoms with E-state index < -0.39 is 17.8 Å². The van der Waals surface area contributed by atoms with E-state index in [9.17, 15) is 23.1 Å². The van der Waals surface area contributed by atoms with Crippen molar-refractivity contribution in [1.29, 1.82) is 0 Å². The van der Waals surface area contributed by atoms with Crippen LogP contribution in [0.5, 0.6) is 0 Å². The molecule has 1 aliphatic heterocycles. The Hall–Kier alpha value is -2.88.